The molecule has 0 saturated carbocycles. The molecule has 22 heavy (non-hydrogen) atoms. The summed E-state index contributed by atoms with van der Waals surface area (Å²) in [5, 5.41) is 6.46. The number of carbonyl (C=O) groups is 1. The maximum Gasteiger partial charge on any atom is 0.248 e. The van der Waals surface area contributed by atoms with Crippen molar-refractivity contribution in [2.24, 2.45) is 10.7 Å². The Hall–Kier alpha value is -2.08. The second-order valence-corrected chi connectivity index (χ2v) is 4.73. The normalized spacial score (nSPS) is 11.3. The molecular formula is C16H26N4O2. The highest BCUT2D eigenvalue weighted by atomic mass is 16.5. The lowest BCUT2D eigenvalue weighted by Gasteiger charge is -2.11. The summed E-state index contributed by atoms with van der Waals surface area (Å²) in [6.45, 7) is 7.67. The van der Waals surface area contributed by atoms with Gasteiger partial charge in [0, 0.05) is 31.9 Å². The number of primary amides is 1. The van der Waals surface area contributed by atoms with Crippen LogP contribution in [0.2, 0.25) is 0 Å². The summed E-state index contributed by atoms with van der Waals surface area (Å²) < 4.78 is 5.30. The molecule has 1 amide bonds. The topological polar surface area (TPSA) is 88.7 Å². The molecule has 0 aliphatic rings. The van der Waals surface area contributed by atoms with E-state index >= 15 is 0 Å². The number of hydrogen-bond acceptors (Lipinski definition) is 3. The summed E-state index contributed by atoms with van der Waals surface area (Å²) >= 11 is 0. The monoisotopic (exact) mass is 306 g/mol. The number of rotatable bonds is 9. The molecule has 0 radical (unpaired) electrons. The van der Waals surface area contributed by atoms with Crippen LogP contribution in [0.15, 0.2) is 29.3 Å². The van der Waals surface area contributed by atoms with Gasteiger partial charge in [-0.3, -0.25) is 4.79 Å². The molecule has 0 spiro atoms. The van der Waals surface area contributed by atoms with E-state index in [-0.39, 0.29) is 0 Å². The Balaban J connectivity index is 2.48. The number of amides is 1. The highest BCUT2D eigenvalue weighted by Crippen LogP contribution is 2.05. The molecule has 122 valence electrons. The fourth-order valence-corrected chi connectivity index (χ4v) is 1.81. The van der Waals surface area contributed by atoms with Crippen molar-refractivity contribution in [1.82, 2.24) is 10.6 Å². The van der Waals surface area contributed by atoms with Gasteiger partial charge in [0.05, 0.1) is 6.54 Å². The second kappa shape index (κ2) is 10.6. The molecule has 0 aliphatic heterocycles. The van der Waals surface area contributed by atoms with Crippen LogP contribution >= 0.6 is 0 Å². The Morgan fingerprint density at radius 3 is 2.55 bits per heavy atom. The van der Waals surface area contributed by atoms with Gasteiger partial charge >= 0.3 is 0 Å². The first-order valence-electron chi connectivity index (χ1n) is 7.66. The van der Waals surface area contributed by atoms with Crippen LogP contribution in [0.4, 0.5) is 0 Å². The SMILES string of the molecule is CCNC(=NCc1ccc(C(N)=O)cc1)NCCCOCC. The third kappa shape index (κ3) is 7.08. The minimum absolute atomic E-state index is 0.417. The van der Waals surface area contributed by atoms with Crippen LogP contribution in [0, 0.1) is 0 Å². The average Bonchev–Trinajstić information content (AvgIpc) is 2.52. The van der Waals surface area contributed by atoms with Gasteiger partial charge < -0.3 is 21.1 Å². The Morgan fingerprint density at radius 2 is 1.95 bits per heavy atom. The standard InChI is InChI=1S/C16H26N4O2/c1-3-18-16(19-10-5-11-22-4-2)20-12-13-6-8-14(9-7-13)15(17)21/h6-9H,3-5,10-12H2,1-2H3,(H2,17,21)(H2,18,19,20). The first kappa shape index (κ1) is 18.0. The van der Waals surface area contributed by atoms with Gasteiger partial charge in [-0.1, -0.05) is 12.1 Å². The van der Waals surface area contributed by atoms with Gasteiger partial charge in [0.1, 0.15) is 0 Å². The number of hydrogen-bond donors (Lipinski definition) is 3. The average molecular weight is 306 g/mol. The van der Waals surface area contributed by atoms with Gasteiger partial charge in [-0.2, -0.15) is 0 Å². The minimum Gasteiger partial charge on any atom is -0.382 e. The molecule has 1 rings (SSSR count). The van der Waals surface area contributed by atoms with E-state index in [1.807, 2.05) is 26.0 Å². The number of nitrogens with one attached hydrogen (secondary N) is 2. The minimum atomic E-state index is -0.417. The highest BCUT2D eigenvalue weighted by Gasteiger charge is 2.00. The van der Waals surface area contributed by atoms with E-state index in [4.69, 9.17) is 10.5 Å². The van der Waals surface area contributed by atoms with Crippen LogP contribution in [-0.2, 0) is 11.3 Å². The van der Waals surface area contributed by atoms with Gasteiger partial charge in [0.15, 0.2) is 5.96 Å². The Kier molecular flexibility index (Phi) is 8.67. The van der Waals surface area contributed by atoms with Crippen molar-refractivity contribution in [3.8, 4) is 0 Å². The lowest BCUT2D eigenvalue weighted by Crippen LogP contribution is -2.38. The predicted molar refractivity (Wildman–Crippen MR) is 88.9 cm³/mol. The molecule has 1 aromatic carbocycles. The van der Waals surface area contributed by atoms with Crippen molar-refractivity contribution in [3.63, 3.8) is 0 Å². The number of ether oxygens (including phenoxy) is 1. The number of benzene rings is 1. The molecule has 1 aromatic rings. The molecule has 0 heterocycles. The van der Waals surface area contributed by atoms with Gasteiger partial charge in [-0.05, 0) is 38.0 Å². The molecule has 0 atom stereocenters. The molecule has 6 heteroatoms. The van der Waals surface area contributed by atoms with E-state index in [9.17, 15) is 4.79 Å². The second-order valence-electron chi connectivity index (χ2n) is 4.73. The quantitative estimate of drug-likeness (QED) is 0.364. The van der Waals surface area contributed by atoms with Crippen LogP contribution < -0.4 is 16.4 Å². The summed E-state index contributed by atoms with van der Waals surface area (Å²) in [6.07, 6.45) is 0.936. The predicted octanol–water partition coefficient (Wildman–Crippen LogP) is 1.27. The Morgan fingerprint density at radius 1 is 1.23 bits per heavy atom. The van der Waals surface area contributed by atoms with Crippen LogP contribution in [0.5, 0.6) is 0 Å². The summed E-state index contributed by atoms with van der Waals surface area (Å²) in [5.74, 6) is 0.359. The summed E-state index contributed by atoms with van der Waals surface area (Å²) in [4.78, 5) is 15.5. The largest absolute Gasteiger partial charge is 0.382 e. The van der Waals surface area contributed by atoms with E-state index in [0.717, 1.165) is 44.2 Å². The van der Waals surface area contributed by atoms with E-state index in [2.05, 4.69) is 15.6 Å². The van der Waals surface area contributed by atoms with Gasteiger partial charge in [-0.15, -0.1) is 0 Å². The highest BCUT2D eigenvalue weighted by molar-refractivity contribution is 5.92. The molecule has 6 nitrogen and oxygen atoms in total. The zero-order valence-corrected chi connectivity index (χ0v) is 13.4. The summed E-state index contributed by atoms with van der Waals surface area (Å²) in [5.41, 5.74) is 6.75. The van der Waals surface area contributed by atoms with Crippen LogP contribution in [0.3, 0.4) is 0 Å². The summed E-state index contributed by atoms with van der Waals surface area (Å²) in [6, 6.07) is 7.16. The van der Waals surface area contributed by atoms with Crippen LogP contribution in [-0.4, -0.2) is 38.2 Å². The van der Waals surface area contributed by atoms with Crippen molar-refractivity contribution >= 4 is 11.9 Å². The van der Waals surface area contributed by atoms with Gasteiger partial charge in [0.25, 0.3) is 0 Å². The Labute approximate surface area is 132 Å². The molecule has 0 saturated heterocycles. The fourth-order valence-electron chi connectivity index (χ4n) is 1.81. The first-order valence-corrected chi connectivity index (χ1v) is 7.66. The van der Waals surface area contributed by atoms with Gasteiger partial charge in [-0.25, -0.2) is 4.99 Å². The molecule has 0 aliphatic carbocycles. The van der Waals surface area contributed by atoms with Crippen molar-refractivity contribution < 1.29 is 9.53 Å². The van der Waals surface area contributed by atoms with Crippen molar-refractivity contribution in [3.05, 3.63) is 35.4 Å². The third-order valence-electron chi connectivity index (χ3n) is 2.96. The van der Waals surface area contributed by atoms with E-state index in [1.54, 1.807) is 12.1 Å². The number of carbonyl (C=O) groups excluding carboxylic acids is 1. The molecule has 0 fully saturated rings. The zero-order valence-electron chi connectivity index (χ0n) is 13.4. The van der Waals surface area contributed by atoms with Crippen molar-refractivity contribution in [1.29, 1.82) is 0 Å². The van der Waals surface area contributed by atoms with E-state index < -0.39 is 5.91 Å². The maximum absolute atomic E-state index is 11.0. The number of guanidine groups is 1. The van der Waals surface area contributed by atoms with Crippen molar-refractivity contribution in [2.45, 2.75) is 26.8 Å². The first-order chi connectivity index (χ1) is 10.7. The fraction of sp³-hybridized carbons (Fsp3) is 0.500. The van der Waals surface area contributed by atoms with Crippen LogP contribution in [0.25, 0.3) is 0 Å². The Bertz CT molecular complexity index is 472. The molecule has 0 unspecified atom stereocenters. The zero-order chi connectivity index (χ0) is 16.2. The third-order valence-corrected chi connectivity index (χ3v) is 2.96. The van der Waals surface area contributed by atoms with Crippen molar-refractivity contribution in [2.75, 3.05) is 26.3 Å². The van der Waals surface area contributed by atoms with E-state index in [1.165, 1.54) is 0 Å². The summed E-state index contributed by atoms with van der Waals surface area (Å²) in [7, 11) is 0. The maximum atomic E-state index is 11.0. The lowest BCUT2D eigenvalue weighted by molar-refractivity contribution is 0.100. The number of aliphatic imine (C=N–C) groups is 1. The molecular weight excluding hydrogens is 280 g/mol. The number of nitrogens with two attached hydrogens (primary N) is 1. The molecule has 0 aromatic heterocycles. The molecule has 4 N–H and O–H groups in total. The van der Waals surface area contributed by atoms with Crippen LogP contribution in [0.1, 0.15) is 36.2 Å². The van der Waals surface area contributed by atoms with Gasteiger partial charge in [0.2, 0.25) is 5.91 Å². The smallest absolute Gasteiger partial charge is 0.248 e. The molecule has 0 bridgehead atoms. The van der Waals surface area contributed by atoms with E-state index in [0.29, 0.717) is 12.1 Å². The lowest BCUT2D eigenvalue weighted by atomic mass is 10.1. The number of nitrogens with zero attached hydrogens (tertiary/aromatic N) is 1.